The molecule has 3 rings (SSSR count). The molecule has 0 aliphatic carbocycles. The molecule has 1 N–H and O–H groups in total. The van der Waals surface area contributed by atoms with E-state index in [9.17, 15) is 8.42 Å². The number of piperidine rings is 1. The number of nitrogens with zero attached hydrogens (tertiary/aromatic N) is 3. The van der Waals surface area contributed by atoms with Gasteiger partial charge in [0, 0.05) is 12.7 Å². The molecule has 0 amide bonds. The van der Waals surface area contributed by atoms with Crippen molar-refractivity contribution in [3.05, 3.63) is 12.4 Å². The normalized spacial score (nSPS) is 27.8. The summed E-state index contributed by atoms with van der Waals surface area (Å²) in [5.41, 5.74) is 0.711. The van der Waals surface area contributed by atoms with Crippen LogP contribution in [-0.2, 0) is 10.0 Å². The van der Waals surface area contributed by atoms with E-state index in [4.69, 9.17) is 0 Å². The van der Waals surface area contributed by atoms with Crippen LogP contribution in [0.3, 0.4) is 0 Å². The van der Waals surface area contributed by atoms with Crippen LogP contribution in [0.15, 0.2) is 12.4 Å². The van der Waals surface area contributed by atoms with Gasteiger partial charge in [-0.15, -0.1) is 0 Å². The van der Waals surface area contributed by atoms with Gasteiger partial charge in [0.2, 0.25) is 10.0 Å². The Bertz CT molecular complexity index is 548. The quantitative estimate of drug-likeness (QED) is 0.863. The molecule has 1 aromatic heterocycles. The Morgan fingerprint density at radius 3 is 2.74 bits per heavy atom. The predicted octanol–water partition coefficient (Wildman–Crippen LogP) is 0.593. The van der Waals surface area contributed by atoms with Crippen molar-refractivity contribution in [2.75, 3.05) is 29.7 Å². The second-order valence-electron chi connectivity index (χ2n) is 5.57. The molecule has 1 unspecified atom stereocenters. The zero-order chi connectivity index (χ0) is 13.5. The van der Waals surface area contributed by atoms with Gasteiger partial charge in [-0.1, -0.05) is 6.92 Å². The third-order valence-corrected chi connectivity index (χ3v) is 5.89. The van der Waals surface area contributed by atoms with E-state index in [1.165, 1.54) is 4.31 Å². The summed E-state index contributed by atoms with van der Waals surface area (Å²) in [6.45, 7) is 4.53. The van der Waals surface area contributed by atoms with Crippen LogP contribution in [0, 0.1) is 5.92 Å². The van der Waals surface area contributed by atoms with Gasteiger partial charge in [-0.2, -0.15) is 5.10 Å². The maximum Gasteiger partial charge on any atom is 0.235 e. The maximum absolute atomic E-state index is 12.0. The molecule has 106 valence electrons. The van der Waals surface area contributed by atoms with Crippen molar-refractivity contribution in [1.29, 1.82) is 0 Å². The van der Waals surface area contributed by atoms with Crippen LogP contribution in [0.2, 0.25) is 0 Å². The van der Waals surface area contributed by atoms with E-state index >= 15 is 0 Å². The van der Waals surface area contributed by atoms with E-state index in [1.807, 2.05) is 17.8 Å². The van der Waals surface area contributed by atoms with Gasteiger partial charge in [-0.25, -0.2) is 8.42 Å². The minimum absolute atomic E-state index is 0.187. The summed E-state index contributed by atoms with van der Waals surface area (Å²) in [5.74, 6) is 0.429. The molecule has 19 heavy (non-hydrogen) atoms. The van der Waals surface area contributed by atoms with Crippen molar-refractivity contribution in [2.24, 2.45) is 5.92 Å². The van der Waals surface area contributed by atoms with Crippen LogP contribution in [0.1, 0.15) is 25.8 Å². The van der Waals surface area contributed by atoms with Gasteiger partial charge in [0.25, 0.3) is 0 Å². The van der Waals surface area contributed by atoms with Crippen molar-refractivity contribution in [3.8, 4) is 0 Å². The fraction of sp³-hybridized carbons (Fsp3) is 0.750. The molecule has 2 aliphatic heterocycles. The van der Waals surface area contributed by atoms with Crippen molar-refractivity contribution >= 4 is 15.7 Å². The average Bonchev–Trinajstić information content (AvgIpc) is 2.94. The molecule has 3 heterocycles. The fourth-order valence-electron chi connectivity index (χ4n) is 2.89. The molecule has 0 saturated carbocycles. The molecule has 1 atom stereocenters. The third kappa shape index (κ3) is 2.49. The summed E-state index contributed by atoms with van der Waals surface area (Å²) >= 11 is 0. The molecule has 2 aliphatic rings. The van der Waals surface area contributed by atoms with E-state index in [2.05, 4.69) is 10.4 Å². The number of rotatable bonds is 2. The topological polar surface area (TPSA) is 67.2 Å². The highest BCUT2D eigenvalue weighted by molar-refractivity contribution is 7.93. The molecule has 0 bridgehead atoms. The number of hydrogen-bond acceptors (Lipinski definition) is 4. The second-order valence-corrected chi connectivity index (χ2v) is 7.51. The minimum atomic E-state index is -3.14. The molecular weight excluding hydrogens is 264 g/mol. The monoisotopic (exact) mass is 284 g/mol. The first-order valence-corrected chi connectivity index (χ1v) is 8.42. The third-order valence-electron chi connectivity index (χ3n) is 3.87. The summed E-state index contributed by atoms with van der Waals surface area (Å²) in [7, 11) is -3.14. The molecule has 1 aromatic rings. The van der Waals surface area contributed by atoms with Crippen LogP contribution in [0.4, 0.5) is 5.69 Å². The first-order chi connectivity index (χ1) is 9.06. The summed E-state index contributed by atoms with van der Waals surface area (Å²) < 4.78 is 27.5. The van der Waals surface area contributed by atoms with E-state index in [-0.39, 0.29) is 11.7 Å². The van der Waals surface area contributed by atoms with Gasteiger partial charge >= 0.3 is 0 Å². The number of nitrogens with one attached hydrogen (secondary N) is 1. The lowest BCUT2D eigenvalue weighted by Gasteiger charge is -2.23. The second kappa shape index (κ2) is 4.79. The number of anilines is 1. The zero-order valence-electron chi connectivity index (χ0n) is 11.1. The average molecular weight is 284 g/mol. The minimum Gasteiger partial charge on any atom is -0.317 e. The molecule has 2 fully saturated rings. The lowest BCUT2D eigenvalue weighted by Crippen LogP contribution is -2.29. The highest BCUT2D eigenvalue weighted by Crippen LogP contribution is 2.28. The first-order valence-electron chi connectivity index (χ1n) is 6.81. The number of aromatic nitrogens is 2. The van der Waals surface area contributed by atoms with Crippen molar-refractivity contribution < 1.29 is 8.42 Å². The summed E-state index contributed by atoms with van der Waals surface area (Å²) in [4.78, 5) is 0. The van der Waals surface area contributed by atoms with Crippen LogP contribution < -0.4 is 9.62 Å². The number of sulfonamides is 1. The highest BCUT2D eigenvalue weighted by atomic mass is 32.2. The summed E-state index contributed by atoms with van der Waals surface area (Å²) in [6, 6.07) is 0.387. The highest BCUT2D eigenvalue weighted by Gasteiger charge is 2.34. The molecule has 0 radical (unpaired) electrons. The molecular formula is C12H20N4O2S. The van der Waals surface area contributed by atoms with E-state index in [0.717, 1.165) is 25.9 Å². The van der Waals surface area contributed by atoms with Crippen LogP contribution in [0.25, 0.3) is 0 Å². The van der Waals surface area contributed by atoms with Crippen molar-refractivity contribution in [1.82, 2.24) is 15.1 Å². The Kier molecular flexibility index (Phi) is 3.26. The Balaban J connectivity index is 1.81. The Morgan fingerprint density at radius 2 is 2.11 bits per heavy atom. The van der Waals surface area contributed by atoms with Gasteiger partial charge in [0.15, 0.2) is 0 Å². The molecule has 6 nitrogen and oxygen atoms in total. The standard InChI is InChI=1S/C12H20N4O2S/c1-10-7-16(19(17,18)9-10)12-6-14-15(8-12)11-2-4-13-5-3-11/h6,8,10-11,13H,2-5,7,9H2,1H3. The lowest BCUT2D eigenvalue weighted by atomic mass is 10.1. The van der Waals surface area contributed by atoms with Gasteiger partial charge < -0.3 is 5.32 Å². The SMILES string of the molecule is CC1CN(c2cnn(C3CCNCC3)c2)S(=O)(=O)C1. The smallest absolute Gasteiger partial charge is 0.235 e. The lowest BCUT2D eigenvalue weighted by molar-refractivity contribution is 0.343. The van der Waals surface area contributed by atoms with Gasteiger partial charge in [-0.3, -0.25) is 8.99 Å². The fourth-order valence-corrected chi connectivity index (χ4v) is 4.79. The Hall–Kier alpha value is -1.08. The molecule has 7 heteroatoms. The predicted molar refractivity (Wildman–Crippen MR) is 73.7 cm³/mol. The van der Waals surface area contributed by atoms with E-state index in [0.29, 0.717) is 18.3 Å². The molecule has 0 spiro atoms. The zero-order valence-corrected chi connectivity index (χ0v) is 11.9. The van der Waals surface area contributed by atoms with E-state index in [1.54, 1.807) is 6.20 Å². The van der Waals surface area contributed by atoms with E-state index < -0.39 is 10.0 Å². The summed E-state index contributed by atoms with van der Waals surface area (Å²) in [5, 5.41) is 7.68. The summed E-state index contributed by atoms with van der Waals surface area (Å²) in [6.07, 6.45) is 5.65. The van der Waals surface area contributed by atoms with Gasteiger partial charge in [0.05, 0.1) is 23.7 Å². The Labute approximate surface area is 113 Å². The largest absolute Gasteiger partial charge is 0.317 e. The van der Waals surface area contributed by atoms with Crippen molar-refractivity contribution in [2.45, 2.75) is 25.8 Å². The molecule has 2 saturated heterocycles. The van der Waals surface area contributed by atoms with Crippen LogP contribution in [0.5, 0.6) is 0 Å². The Morgan fingerprint density at radius 1 is 1.37 bits per heavy atom. The van der Waals surface area contributed by atoms with Crippen LogP contribution in [-0.4, -0.2) is 43.6 Å². The molecule has 0 aromatic carbocycles. The van der Waals surface area contributed by atoms with Crippen molar-refractivity contribution in [3.63, 3.8) is 0 Å². The van der Waals surface area contributed by atoms with Gasteiger partial charge in [0.1, 0.15) is 0 Å². The first kappa shape index (κ1) is 12.9. The van der Waals surface area contributed by atoms with Crippen LogP contribution >= 0.6 is 0 Å². The number of hydrogen-bond donors (Lipinski definition) is 1. The maximum atomic E-state index is 12.0. The van der Waals surface area contributed by atoms with Gasteiger partial charge in [-0.05, 0) is 31.8 Å².